The maximum Gasteiger partial charge on any atom is 0.412 e. The van der Waals surface area contributed by atoms with Gasteiger partial charge in [0.15, 0.2) is 5.75 Å². The number of ether oxygens (including phenoxy) is 1. The van der Waals surface area contributed by atoms with E-state index in [1.54, 1.807) is 12.3 Å². The number of carbonyl (C=O) groups is 1. The van der Waals surface area contributed by atoms with Gasteiger partial charge >= 0.3 is 6.09 Å². The molecule has 4 heterocycles. The van der Waals surface area contributed by atoms with E-state index >= 15 is 0 Å². The first-order valence-corrected chi connectivity index (χ1v) is 11.9. The topological polar surface area (TPSA) is 95.2 Å². The third kappa shape index (κ3) is 5.20. The fraction of sp³-hybridized carbons (Fsp3) is 0.458. The maximum absolute atomic E-state index is 14.5. The van der Waals surface area contributed by atoms with E-state index in [4.69, 9.17) is 4.74 Å². The molecule has 0 aliphatic carbocycles. The number of likely N-dealkylation sites (tertiary alicyclic amines) is 1. The van der Waals surface area contributed by atoms with Gasteiger partial charge in [-0.15, -0.1) is 0 Å². The lowest BCUT2D eigenvalue weighted by Gasteiger charge is -2.29. The van der Waals surface area contributed by atoms with Gasteiger partial charge in [-0.2, -0.15) is 5.10 Å². The molecule has 2 saturated heterocycles. The van der Waals surface area contributed by atoms with E-state index in [9.17, 15) is 18.7 Å². The molecule has 2 aliphatic heterocycles. The molecule has 186 valence electrons. The molecule has 1 atom stereocenters. The lowest BCUT2D eigenvalue weighted by molar-refractivity contribution is 0.0829. The zero-order chi connectivity index (χ0) is 24.4. The number of nitrogens with zero attached hydrogens (tertiary/aromatic N) is 5. The van der Waals surface area contributed by atoms with Crippen molar-refractivity contribution in [1.82, 2.24) is 24.8 Å². The number of aliphatic hydroxyl groups is 1. The van der Waals surface area contributed by atoms with E-state index in [1.165, 1.54) is 16.8 Å². The van der Waals surface area contributed by atoms with Crippen LogP contribution in [0.1, 0.15) is 37.3 Å². The Labute approximate surface area is 201 Å². The van der Waals surface area contributed by atoms with E-state index in [0.717, 1.165) is 44.5 Å². The number of aromatic nitrogens is 3. The minimum Gasteiger partial charge on any atom is -0.405 e. The number of aliphatic hydroxyl groups excluding tert-OH is 1. The summed E-state index contributed by atoms with van der Waals surface area (Å²) >= 11 is 0. The van der Waals surface area contributed by atoms with Crippen molar-refractivity contribution in [3.8, 4) is 5.75 Å². The van der Waals surface area contributed by atoms with Gasteiger partial charge in [-0.3, -0.25) is 0 Å². The number of carbonyl (C=O) groups excluding carboxylic acids is 1. The van der Waals surface area contributed by atoms with Crippen LogP contribution in [-0.2, 0) is 0 Å². The average molecular weight is 487 g/mol. The Hall–Kier alpha value is -3.31. The van der Waals surface area contributed by atoms with Crippen LogP contribution in [0.4, 0.5) is 19.4 Å². The largest absolute Gasteiger partial charge is 0.412 e. The second-order valence-electron chi connectivity index (χ2n) is 8.97. The minimum atomic E-state index is -0.606. The SMILES string of the molecule is O=C(NCCN1CCC(O)CC1)Oc1cnn2ccc(N3CCC[C@@H]3c3cc(F)ccc3F)nc12. The van der Waals surface area contributed by atoms with Crippen LogP contribution < -0.4 is 15.0 Å². The van der Waals surface area contributed by atoms with Gasteiger partial charge in [0.05, 0.1) is 18.3 Å². The van der Waals surface area contributed by atoms with Crippen LogP contribution in [-0.4, -0.2) is 69.5 Å². The third-order valence-electron chi connectivity index (χ3n) is 6.64. The second-order valence-corrected chi connectivity index (χ2v) is 8.97. The molecule has 2 fully saturated rings. The predicted molar refractivity (Wildman–Crippen MR) is 124 cm³/mol. The van der Waals surface area contributed by atoms with Gasteiger partial charge in [0.2, 0.25) is 5.65 Å². The number of rotatable bonds is 6. The number of benzene rings is 1. The molecule has 2 aliphatic rings. The van der Waals surface area contributed by atoms with Gasteiger partial charge < -0.3 is 25.0 Å². The van der Waals surface area contributed by atoms with Gasteiger partial charge in [0.1, 0.15) is 17.5 Å². The van der Waals surface area contributed by atoms with E-state index in [0.29, 0.717) is 43.1 Å². The number of amides is 1. The first kappa shape index (κ1) is 23.4. The van der Waals surface area contributed by atoms with Crippen molar-refractivity contribution in [2.45, 2.75) is 37.8 Å². The zero-order valence-electron chi connectivity index (χ0n) is 19.2. The van der Waals surface area contributed by atoms with Gasteiger partial charge in [-0.1, -0.05) is 0 Å². The van der Waals surface area contributed by atoms with Crippen LogP contribution in [0.2, 0.25) is 0 Å². The molecule has 2 N–H and O–H groups in total. The molecule has 5 rings (SSSR count). The van der Waals surface area contributed by atoms with Crippen molar-refractivity contribution in [2.24, 2.45) is 0 Å². The third-order valence-corrected chi connectivity index (χ3v) is 6.64. The highest BCUT2D eigenvalue weighted by atomic mass is 19.1. The Bertz CT molecular complexity index is 1200. The molecule has 2 aromatic heterocycles. The quantitative estimate of drug-likeness (QED) is 0.553. The Kier molecular flexibility index (Phi) is 6.78. The number of nitrogens with one attached hydrogen (secondary N) is 1. The molecule has 3 aromatic rings. The van der Waals surface area contributed by atoms with E-state index in [-0.39, 0.29) is 17.9 Å². The fourth-order valence-electron chi connectivity index (χ4n) is 4.80. The first-order valence-electron chi connectivity index (χ1n) is 11.9. The summed E-state index contributed by atoms with van der Waals surface area (Å²) in [7, 11) is 0. The molecule has 0 unspecified atom stereocenters. The van der Waals surface area contributed by atoms with Crippen LogP contribution in [0, 0.1) is 11.6 Å². The molecule has 0 spiro atoms. The Morgan fingerprint density at radius 3 is 2.83 bits per heavy atom. The second kappa shape index (κ2) is 10.1. The van der Waals surface area contributed by atoms with Crippen molar-refractivity contribution in [3.05, 3.63) is 53.9 Å². The van der Waals surface area contributed by atoms with E-state index < -0.39 is 17.7 Å². The van der Waals surface area contributed by atoms with Gasteiger partial charge in [-0.25, -0.2) is 23.1 Å². The van der Waals surface area contributed by atoms with Crippen LogP contribution in [0.15, 0.2) is 36.7 Å². The van der Waals surface area contributed by atoms with Gasteiger partial charge in [-0.05, 0) is 49.9 Å². The number of halogens is 2. The minimum absolute atomic E-state index is 0.207. The van der Waals surface area contributed by atoms with Crippen LogP contribution >= 0.6 is 0 Å². The monoisotopic (exact) mass is 486 g/mol. The molecular formula is C24H28F2N6O3. The smallest absolute Gasteiger partial charge is 0.405 e. The normalized spacial score (nSPS) is 19.4. The molecular weight excluding hydrogens is 458 g/mol. The highest BCUT2D eigenvalue weighted by Crippen LogP contribution is 2.37. The van der Waals surface area contributed by atoms with Crippen molar-refractivity contribution >= 4 is 17.6 Å². The molecule has 0 radical (unpaired) electrons. The summed E-state index contributed by atoms with van der Waals surface area (Å²) in [6, 6.07) is 4.91. The van der Waals surface area contributed by atoms with Crippen molar-refractivity contribution < 1.29 is 23.4 Å². The summed E-state index contributed by atoms with van der Waals surface area (Å²) in [5, 5.41) is 16.5. The summed E-state index contributed by atoms with van der Waals surface area (Å²) in [5.74, 6) is -0.151. The van der Waals surface area contributed by atoms with Crippen molar-refractivity contribution in [2.75, 3.05) is 37.6 Å². The summed E-state index contributed by atoms with van der Waals surface area (Å²) in [6.07, 6.45) is 5.25. The average Bonchev–Trinajstić information content (AvgIpc) is 3.49. The zero-order valence-corrected chi connectivity index (χ0v) is 19.2. The number of piperidine rings is 1. The summed E-state index contributed by atoms with van der Waals surface area (Å²) in [6.45, 7) is 3.33. The summed E-state index contributed by atoms with van der Waals surface area (Å²) in [5.41, 5.74) is 0.657. The molecule has 0 saturated carbocycles. The predicted octanol–water partition coefficient (Wildman–Crippen LogP) is 2.89. The van der Waals surface area contributed by atoms with E-state index in [2.05, 4.69) is 20.3 Å². The maximum atomic E-state index is 14.5. The van der Waals surface area contributed by atoms with Gasteiger partial charge in [0, 0.05) is 44.5 Å². The van der Waals surface area contributed by atoms with Crippen LogP contribution in [0.3, 0.4) is 0 Å². The molecule has 1 aromatic carbocycles. The highest BCUT2D eigenvalue weighted by Gasteiger charge is 2.30. The van der Waals surface area contributed by atoms with Gasteiger partial charge in [0.25, 0.3) is 0 Å². The molecule has 1 amide bonds. The Balaban J connectivity index is 1.26. The lowest BCUT2D eigenvalue weighted by atomic mass is 10.0. The highest BCUT2D eigenvalue weighted by molar-refractivity contribution is 5.73. The standard InChI is InChI=1S/C24H28F2N6O3/c25-16-3-4-19(26)18(14-16)20-2-1-9-31(20)22-7-12-32-23(29-22)21(15-28-32)35-24(34)27-8-13-30-10-5-17(33)6-11-30/h3-4,7,12,14-15,17,20,33H,1-2,5-6,8-11,13H2,(H,27,34)/t20-/m1/s1. The van der Waals surface area contributed by atoms with E-state index in [1.807, 2.05) is 4.90 Å². The lowest BCUT2D eigenvalue weighted by Crippen LogP contribution is -2.41. The van der Waals surface area contributed by atoms with Crippen LogP contribution in [0.5, 0.6) is 5.75 Å². The van der Waals surface area contributed by atoms with Crippen LogP contribution in [0.25, 0.3) is 5.65 Å². The molecule has 0 bridgehead atoms. The molecule has 35 heavy (non-hydrogen) atoms. The Morgan fingerprint density at radius 1 is 1.17 bits per heavy atom. The van der Waals surface area contributed by atoms with Crippen molar-refractivity contribution in [3.63, 3.8) is 0 Å². The number of anilines is 1. The summed E-state index contributed by atoms with van der Waals surface area (Å²) < 4.78 is 35.2. The molecule has 9 nitrogen and oxygen atoms in total. The summed E-state index contributed by atoms with van der Waals surface area (Å²) in [4.78, 5) is 21.1. The number of hydrogen-bond donors (Lipinski definition) is 2. The number of hydrogen-bond acceptors (Lipinski definition) is 7. The molecule has 11 heteroatoms. The number of fused-ring (bicyclic) bond motifs is 1. The first-order chi connectivity index (χ1) is 17.0. The van der Waals surface area contributed by atoms with Crippen molar-refractivity contribution in [1.29, 1.82) is 0 Å². The Morgan fingerprint density at radius 2 is 2.00 bits per heavy atom. The fourth-order valence-corrected chi connectivity index (χ4v) is 4.80.